The van der Waals surface area contributed by atoms with E-state index in [-0.39, 0.29) is 23.4 Å². The first-order chi connectivity index (χ1) is 13.6. The van der Waals surface area contributed by atoms with Gasteiger partial charge in [-0.2, -0.15) is 0 Å². The molecule has 2 aromatic heterocycles. The van der Waals surface area contributed by atoms with Crippen molar-refractivity contribution in [2.24, 2.45) is 0 Å². The van der Waals surface area contributed by atoms with E-state index in [2.05, 4.69) is 20.9 Å². The molecule has 7 nitrogen and oxygen atoms in total. The van der Waals surface area contributed by atoms with Crippen LogP contribution in [0.25, 0.3) is 0 Å². The molecule has 0 bridgehead atoms. The van der Waals surface area contributed by atoms with E-state index in [1.807, 2.05) is 11.4 Å². The van der Waals surface area contributed by atoms with Gasteiger partial charge in [-0.05, 0) is 41.3 Å². The van der Waals surface area contributed by atoms with Crippen molar-refractivity contribution in [3.8, 4) is 0 Å². The first-order valence-electron chi connectivity index (χ1n) is 8.48. The molecule has 0 fully saturated rings. The summed E-state index contributed by atoms with van der Waals surface area (Å²) in [6.45, 7) is 0.369. The average molecular weight is 394 g/mol. The SMILES string of the molecule is CNC(=O)c1cccc(NC(=O)c2ccc(CNC(=O)c3cccs3)cc2)n1. The fourth-order valence-electron chi connectivity index (χ4n) is 2.40. The standard InChI is InChI=1S/C20H18N4O3S/c1-21-19(26)15-4-2-6-17(23-15)24-18(25)14-9-7-13(8-10-14)12-22-20(27)16-5-3-11-28-16/h2-11H,12H2,1H3,(H,21,26)(H,22,27)(H,23,24,25). The molecule has 0 spiro atoms. The minimum atomic E-state index is -0.337. The number of pyridine rings is 1. The molecule has 0 saturated heterocycles. The molecule has 8 heteroatoms. The van der Waals surface area contributed by atoms with Crippen LogP contribution in [0, 0.1) is 0 Å². The average Bonchev–Trinajstić information content (AvgIpc) is 3.27. The summed E-state index contributed by atoms with van der Waals surface area (Å²) in [5, 5.41) is 9.84. The van der Waals surface area contributed by atoms with Crippen molar-refractivity contribution >= 4 is 34.9 Å². The second-order valence-electron chi connectivity index (χ2n) is 5.80. The van der Waals surface area contributed by atoms with Gasteiger partial charge in [0.25, 0.3) is 17.7 Å². The maximum absolute atomic E-state index is 12.4. The molecule has 28 heavy (non-hydrogen) atoms. The van der Waals surface area contributed by atoms with Gasteiger partial charge in [-0.1, -0.05) is 24.3 Å². The summed E-state index contributed by atoms with van der Waals surface area (Å²) in [6, 6.07) is 15.3. The number of carbonyl (C=O) groups excluding carboxylic acids is 3. The second kappa shape index (κ2) is 8.92. The van der Waals surface area contributed by atoms with Crippen LogP contribution in [0.2, 0.25) is 0 Å². The Morgan fingerprint density at radius 2 is 1.71 bits per heavy atom. The number of thiophene rings is 1. The van der Waals surface area contributed by atoms with E-state index < -0.39 is 0 Å². The minimum absolute atomic E-state index is 0.126. The van der Waals surface area contributed by atoms with Gasteiger partial charge in [0.05, 0.1) is 4.88 Å². The summed E-state index contributed by atoms with van der Waals surface area (Å²) in [7, 11) is 1.51. The number of carbonyl (C=O) groups is 3. The van der Waals surface area contributed by atoms with Crippen LogP contribution in [0.15, 0.2) is 60.0 Å². The molecule has 0 unspecified atom stereocenters. The summed E-state index contributed by atoms with van der Waals surface area (Å²) in [4.78, 5) is 40.7. The highest BCUT2D eigenvalue weighted by molar-refractivity contribution is 7.12. The zero-order chi connectivity index (χ0) is 19.9. The van der Waals surface area contributed by atoms with Crippen LogP contribution in [-0.4, -0.2) is 29.8 Å². The highest BCUT2D eigenvalue weighted by Crippen LogP contribution is 2.11. The lowest BCUT2D eigenvalue weighted by Gasteiger charge is -2.08. The van der Waals surface area contributed by atoms with Crippen molar-refractivity contribution in [1.82, 2.24) is 15.6 Å². The molecular formula is C20H18N4O3S. The first kappa shape index (κ1) is 19.2. The Labute approximate surface area is 165 Å². The van der Waals surface area contributed by atoms with Crippen LogP contribution in [-0.2, 0) is 6.54 Å². The lowest BCUT2D eigenvalue weighted by molar-refractivity contribution is 0.0948. The van der Waals surface area contributed by atoms with Crippen molar-refractivity contribution in [1.29, 1.82) is 0 Å². The van der Waals surface area contributed by atoms with E-state index in [4.69, 9.17) is 0 Å². The number of benzene rings is 1. The number of rotatable bonds is 6. The summed E-state index contributed by atoms with van der Waals surface area (Å²) in [5.41, 5.74) is 1.54. The Bertz CT molecular complexity index is 985. The number of nitrogens with zero attached hydrogens (tertiary/aromatic N) is 1. The Hall–Kier alpha value is -3.52. The Morgan fingerprint density at radius 1 is 0.929 bits per heavy atom. The molecule has 2 heterocycles. The van der Waals surface area contributed by atoms with Gasteiger partial charge in [0.1, 0.15) is 11.5 Å². The van der Waals surface area contributed by atoms with Gasteiger partial charge in [-0.3, -0.25) is 14.4 Å². The normalized spacial score (nSPS) is 10.2. The molecule has 3 aromatic rings. The van der Waals surface area contributed by atoms with Crippen molar-refractivity contribution in [2.75, 3.05) is 12.4 Å². The Balaban J connectivity index is 1.59. The van der Waals surface area contributed by atoms with Crippen molar-refractivity contribution in [3.63, 3.8) is 0 Å². The number of hydrogen-bond acceptors (Lipinski definition) is 5. The summed E-state index contributed by atoms with van der Waals surface area (Å²) in [6.07, 6.45) is 0. The molecule has 142 valence electrons. The van der Waals surface area contributed by atoms with Gasteiger partial charge in [0.15, 0.2) is 0 Å². The third-order valence-electron chi connectivity index (χ3n) is 3.86. The number of anilines is 1. The van der Waals surface area contributed by atoms with Crippen LogP contribution in [0.5, 0.6) is 0 Å². The minimum Gasteiger partial charge on any atom is -0.354 e. The van der Waals surface area contributed by atoms with Gasteiger partial charge in [-0.25, -0.2) is 4.98 Å². The van der Waals surface area contributed by atoms with E-state index in [0.29, 0.717) is 22.8 Å². The van der Waals surface area contributed by atoms with Crippen LogP contribution in [0.4, 0.5) is 5.82 Å². The van der Waals surface area contributed by atoms with Crippen LogP contribution in [0.1, 0.15) is 36.1 Å². The predicted molar refractivity (Wildman–Crippen MR) is 108 cm³/mol. The molecular weight excluding hydrogens is 376 g/mol. The fourth-order valence-corrected chi connectivity index (χ4v) is 3.04. The number of amides is 3. The zero-order valence-electron chi connectivity index (χ0n) is 15.1. The number of aromatic nitrogens is 1. The summed E-state index contributed by atoms with van der Waals surface area (Å²) >= 11 is 1.38. The Morgan fingerprint density at radius 3 is 2.39 bits per heavy atom. The highest BCUT2D eigenvalue weighted by Gasteiger charge is 2.10. The first-order valence-corrected chi connectivity index (χ1v) is 9.36. The second-order valence-corrected chi connectivity index (χ2v) is 6.75. The fraction of sp³-hybridized carbons (Fsp3) is 0.100. The third kappa shape index (κ3) is 4.80. The van der Waals surface area contributed by atoms with Gasteiger partial charge in [0, 0.05) is 19.2 Å². The van der Waals surface area contributed by atoms with Gasteiger partial charge in [-0.15, -0.1) is 11.3 Å². The molecule has 3 amide bonds. The molecule has 3 N–H and O–H groups in total. The quantitative estimate of drug-likeness (QED) is 0.598. The van der Waals surface area contributed by atoms with Crippen LogP contribution < -0.4 is 16.0 Å². The monoisotopic (exact) mass is 394 g/mol. The van der Waals surface area contributed by atoms with Gasteiger partial charge >= 0.3 is 0 Å². The lowest BCUT2D eigenvalue weighted by atomic mass is 10.1. The van der Waals surface area contributed by atoms with Crippen LogP contribution in [0.3, 0.4) is 0 Å². The van der Waals surface area contributed by atoms with Gasteiger partial charge < -0.3 is 16.0 Å². The van der Waals surface area contributed by atoms with Crippen molar-refractivity contribution < 1.29 is 14.4 Å². The van der Waals surface area contributed by atoms with Crippen molar-refractivity contribution in [2.45, 2.75) is 6.54 Å². The van der Waals surface area contributed by atoms with E-state index >= 15 is 0 Å². The van der Waals surface area contributed by atoms with E-state index in [1.165, 1.54) is 18.4 Å². The lowest BCUT2D eigenvalue weighted by Crippen LogP contribution is -2.22. The van der Waals surface area contributed by atoms with E-state index in [1.54, 1.807) is 48.5 Å². The largest absolute Gasteiger partial charge is 0.354 e. The number of nitrogens with one attached hydrogen (secondary N) is 3. The molecule has 3 rings (SSSR count). The maximum atomic E-state index is 12.4. The molecule has 1 aromatic carbocycles. The Kier molecular flexibility index (Phi) is 6.13. The smallest absolute Gasteiger partial charge is 0.269 e. The molecule has 0 radical (unpaired) electrons. The summed E-state index contributed by atoms with van der Waals surface area (Å²) in [5.74, 6) is -0.502. The summed E-state index contributed by atoms with van der Waals surface area (Å²) < 4.78 is 0. The van der Waals surface area contributed by atoms with E-state index in [9.17, 15) is 14.4 Å². The zero-order valence-corrected chi connectivity index (χ0v) is 15.9. The van der Waals surface area contributed by atoms with E-state index in [0.717, 1.165) is 5.56 Å². The topological polar surface area (TPSA) is 100 Å². The van der Waals surface area contributed by atoms with Crippen molar-refractivity contribution in [3.05, 3.63) is 81.7 Å². The molecule has 0 aliphatic heterocycles. The van der Waals surface area contributed by atoms with Crippen LogP contribution >= 0.6 is 11.3 Å². The molecule has 0 aliphatic rings. The number of hydrogen-bond donors (Lipinski definition) is 3. The predicted octanol–water partition coefficient (Wildman–Crippen LogP) is 2.69. The molecule has 0 aliphatic carbocycles. The molecule has 0 saturated carbocycles. The maximum Gasteiger partial charge on any atom is 0.269 e. The third-order valence-corrected chi connectivity index (χ3v) is 4.73. The molecule has 0 atom stereocenters. The highest BCUT2D eigenvalue weighted by atomic mass is 32.1. The van der Waals surface area contributed by atoms with Gasteiger partial charge in [0.2, 0.25) is 0 Å².